The van der Waals surface area contributed by atoms with Gasteiger partial charge in [0.2, 0.25) is 0 Å². The van der Waals surface area contributed by atoms with Crippen LogP contribution in [0.5, 0.6) is 0 Å². The fourth-order valence-electron chi connectivity index (χ4n) is 2.31. The maximum atomic E-state index is 11.6. The Kier molecular flexibility index (Phi) is 6.52. The van der Waals surface area contributed by atoms with Crippen LogP contribution in [0.4, 0.5) is 0 Å². The zero-order valence-corrected chi connectivity index (χ0v) is 11.2. The molecule has 0 aromatic rings. The smallest absolute Gasteiger partial charge is 0.323 e. The monoisotopic (exact) mass is 243 g/mol. The fourth-order valence-corrected chi connectivity index (χ4v) is 2.31. The summed E-state index contributed by atoms with van der Waals surface area (Å²) < 4.78 is 10.7. The van der Waals surface area contributed by atoms with Crippen molar-refractivity contribution in [3.63, 3.8) is 0 Å². The van der Waals surface area contributed by atoms with Gasteiger partial charge in [-0.2, -0.15) is 0 Å². The normalized spacial score (nSPS) is 25.8. The van der Waals surface area contributed by atoms with Crippen molar-refractivity contribution in [2.24, 2.45) is 5.92 Å². The third-order valence-electron chi connectivity index (χ3n) is 3.35. The van der Waals surface area contributed by atoms with Crippen LogP contribution in [-0.2, 0) is 14.3 Å². The van der Waals surface area contributed by atoms with E-state index in [0.717, 1.165) is 32.4 Å². The van der Waals surface area contributed by atoms with E-state index in [1.807, 2.05) is 13.8 Å². The first-order valence-corrected chi connectivity index (χ1v) is 6.74. The van der Waals surface area contributed by atoms with Gasteiger partial charge in [-0.25, -0.2) is 0 Å². The van der Waals surface area contributed by atoms with Gasteiger partial charge in [0.05, 0.1) is 12.7 Å². The molecule has 3 atom stereocenters. The lowest BCUT2D eigenvalue weighted by Gasteiger charge is -2.21. The summed E-state index contributed by atoms with van der Waals surface area (Å²) in [5.74, 6) is 0.394. The largest absolute Gasteiger partial charge is 0.465 e. The van der Waals surface area contributed by atoms with Crippen LogP contribution in [0.1, 0.15) is 40.0 Å². The van der Waals surface area contributed by atoms with E-state index < -0.39 is 0 Å². The van der Waals surface area contributed by atoms with Gasteiger partial charge < -0.3 is 14.8 Å². The molecule has 1 saturated heterocycles. The number of ether oxygens (including phenoxy) is 2. The second-order valence-electron chi connectivity index (χ2n) is 4.49. The molecule has 0 bridgehead atoms. The van der Waals surface area contributed by atoms with Crippen molar-refractivity contribution in [2.45, 2.75) is 52.2 Å². The summed E-state index contributed by atoms with van der Waals surface area (Å²) >= 11 is 0. The lowest BCUT2D eigenvalue weighted by molar-refractivity contribution is -0.145. The molecular weight excluding hydrogens is 218 g/mol. The van der Waals surface area contributed by atoms with Gasteiger partial charge in [0.1, 0.15) is 6.04 Å². The predicted molar refractivity (Wildman–Crippen MR) is 66.9 cm³/mol. The molecule has 0 radical (unpaired) electrons. The zero-order valence-electron chi connectivity index (χ0n) is 11.2. The Morgan fingerprint density at radius 1 is 1.47 bits per heavy atom. The van der Waals surface area contributed by atoms with Crippen LogP contribution in [0.2, 0.25) is 0 Å². The molecule has 0 aromatic carbocycles. The molecule has 0 amide bonds. The van der Waals surface area contributed by atoms with Crippen molar-refractivity contribution in [3.05, 3.63) is 0 Å². The summed E-state index contributed by atoms with van der Waals surface area (Å²) in [5.41, 5.74) is 0. The van der Waals surface area contributed by atoms with Gasteiger partial charge in [-0.1, -0.05) is 13.8 Å². The SMILES string of the molecule is CCOC(=O)C(CC)NCC1CCOC1CC. The van der Waals surface area contributed by atoms with Gasteiger partial charge in [0.15, 0.2) is 0 Å². The van der Waals surface area contributed by atoms with E-state index in [-0.39, 0.29) is 12.0 Å². The summed E-state index contributed by atoms with van der Waals surface area (Å²) in [6.07, 6.45) is 3.25. The molecular formula is C13H25NO3. The number of nitrogens with one attached hydrogen (secondary N) is 1. The number of hydrogen-bond donors (Lipinski definition) is 1. The number of esters is 1. The molecule has 1 aliphatic heterocycles. The maximum absolute atomic E-state index is 11.6. The molecule has 100 valence electrons. The Morgan fingerprint density at radius 2 is 2.24 bits per heavy atom. The van der Waals surface area contributed by atoms with Crippen LogP contribution in [0, 0.1) is 5.92 Å². The van der Waals surface area contributed by atoms with Crippen molar-refractivity contribution in [3.8, 4) is 0 Å². The molecule has 0 aliphatic carbocycles. The van der Waals surface area contributed by atoms with Crippen molar-refractivity contribution >= 4 is 5.97 Å². The van der Waals surface area contributed by atoms with Crippen LogP contribution >= 0.6 is 0 Å². The van der Waals surface area contributed by atoms with E-state index in [9.17, 15) is 4.79 Å². The molecule has 0 saturated carbocycles. The fraction of sp³-hybridized carbons (Fsp3) is 0.923. The lowest BCUT2D eigenvalue weighted by Crippen LogP contribution is -2.41. The first kappa shape index (κ1) is 14.5. The minimum absolute atomic E-state index is 0.137. The zero-order chi connectivity index (χ0) is 12.7. The second kappa shape index (κ2) is 7.67. The highest BCUT2D eigenvalue weighted by atomic mass is 16.5. The molecule has 1 rings (SSSR count). The third kappa shape index (κ3) is 4.28. The summed E-state index contributed by atoms with van der Waals surface area (Å²) in [7, 11) is 0. The van der Waals surface area contributed by atoms with E-state index in [0.29, 0.717) is 18.6 Å². The lowest BCUT2D eigenvalue weighted by atomic mass is 9.99. The molecule has 1 heterocycles. The van der Waals surface area contributed by atoms with Crippen molar-refractivity contribution in [1.82, 2.24) is 5.32 Å². The minimum atomic E-state index is -0.173. The third-order valence-corrected chi connectivity index (χ3v) is 3.35. The quantitative estimate of drug-likeness (QED) is 0.692. The number of carbonyl (C=O) groups excluding carboxylic acids is 1. The average molecular weight is 243 g/mol. The van der Waals surface area contributed by atoms with Crippen molar-refractivity contribution in [2.75, 3.05) is 19.8 Å². The number of rotatable bonds is 7. The Hall–Kier alpha value is -0.610. The van der Waals surface area contributed by atoms with Crippen LogP contribution in [0.3, 0.4) is 0 Å². The van der Waals surface area contributed by atoms with Crippen LogP contribution < -0.4 is 5.32 Å². The summed E-state index contributed by atoms with van der Waals surface area (Å²) in [6.45, 7) is 8.11. The Labute approximate surface area is 104 Å². The topological polar surface area (TPSA) is 47.6 Å². The maximum Gasteiger partial charge on any atom is 0.323 e. The first-order chi connectivity index (χ1) is 8.22. The van der Waals surface area contributed by atoms with Crippen LogP contribution in [0.15, 0.2) is 0 Å². The molecule has 1 N–H and O–H groups in total. The van der Waals surface area contributed by atoms with Crippen molar-refractivity contribution < 1.29 is 14.3 Å². The molecule has 4 heteroatoms. The Balaban J connectivity index is 2.34. The van der Waals surface area contributed by atoms with Gasteiger partial charge in [0.25, 0.3) is 0 Å². The van der Waals surface area contributed by atoms with Gasteiger partial charge in [-0.15, -0.1) is 0 Å². The van der Waals surface area contributed by atoms with E-state index in [1.54, 1.807) is 0 Å². The first-order valence-electron chi connectivity index (χ1n) is 6.74. The van der Waals surface area contributed by atoms with E-state index in [4.69, 9.17) is 9.47 Å². The highest BCUT2D eigenvalue weighted by Gasteiger charge is 2.28. The van der Waals surface area contributed by atoms with Gasteiger partial charge in [-0.3, -0.25) is 4.79 Å². The van der Waals surface area contributed by atoms with Crippen molar-refractivity contribution in [1.29, 1.82) is 0 Å². The van der Waals surface area contributed by atoms with Crippen LogP contribution in [-0.4, -0.2) is 37.9 Å². The summed E-state index contributed by atoms with van der Waals surface area (Å²) in [4.78, 5) is 11.6. The highest BCUT2D eigenvalue weighted by molar-refractivity contribution is 5.75. The highest BCUT2D eigenvalue weighted by Crippen LogP contribution is 2.22. The van der Waals surface area contributed by atoms with Gasteiger partial charge in [0, 0.05) is 13.2 Å². The molecule has 1 aliphatic rings. The number of hydrogen-bond acceptors (Lipinski definition) is 4. The number of carbonyl (C=O) groups is 1. The van der Waals surface area contributed by atoms with Gasteiger partial charge in [-0.05, 0) is 32.1 Å². The standard InChI is InChI=1S/C13H25NO3/c1-4-11(13(15)16-6-3)14-9-10-7-8-17-12(10)5-2/h10-12,14H,4-9H2,1-3H3. The summed E-state index contributed by atoms with van der Waals surface area (Å²) in [5, 5.41) is 3.31. The Bertz CT molecular complexity index is 233. The van der Waals surface area contributed by atoms with E-state index in [2.05, 4.69) is 12.2 Å². The van der Waals surface area contributed by atoms with E-state index in [1.165, 1.54) is 0 Å². The molecule has 0 aromatic heterocycles. The molecule has 4 nitrogen and oxygen atoms in total. The summed E-state index contributed by atoms with van der Waals surface area (Å²) in [6, 6.07) is -0.173. The second-order valence-corrected chi connectivity index (χ2v) is 4.49. The minimum Gasteiger partial charge on any atom is -0.465 e. The van der Waals surface area contributed by atoms with Crippen LogP contribution in [0.25, 0.3) is 0 Å². The molecule has 0 spiro atoms. The molecule has 1 fully saturated rings. The predicted octanol–water partition coefficient (Wildman–Crippen LogP) is 1.73. The average Bonchev–Trinajstić information content (AvgIpc) is 2.77. The molecule has 3 unspecified atom stereocenters. The Morgan fingerprint density at radius 3 is 2.82 bits per heavy atom. The van der Waals surface area contributed by atoms with E-state index >= 15 is 0 Å². The van der Waals surface area contributed by atoms with Gasteiger partial charge >= 0.3 is 5.97 Å². The molecule has 17 heavy (non-hydrogen) atoms.